The third kappa shape index (κ3) is 4.31. The number of nitrogens with two attached hydrogens (primary N) is 1. The van der Waals surface area contributed by atoms with Crippen molar-refractivity contribution in [2.75, 3.05) is 6.54 Å². The van der Waals surface area contributed by atoms with Gasteiger partial charge in [0.2, 0.25) is 5.91 Å². The average Bonchev–Trinajstić information content (AvgIpc) is 2.38. The minimum atomic E-state index is -0.306. The van der Waals surface area contributed by atoms with Gasteiger partial charge in [-0.1, -0.05) is 25.0 Å². The SMILES string of the molecule is NC1CCCCC1CNC(=O)Cc1cccc(F)c1. The highest BCUT2D eigenvalue weighted by atomic mass is 19.1. The van der Waals surface area contributed by atoms with Crippen molar-refractivity contribution in [1.82, 2.24) is 5.32 Å². The van der Waals surface area contributed by atoms with Gasteiger partial charge in [-0.05, 0) is 36.5 Å². The van der Waals surface area contributed by atoms with Crippen LogP contribution in [0.4, 0.5) is 4.39 Å². The van der Waals surface area contributed by atoms with Gasteiger partial charge >= 0.3 is 0 Å². The van der Waals surface area contributed by atoms with Crippen LogP contribution in [0.1, 0.15) is 31.2 Å². The van der Waals surface area contributed by atoms with E-state index in [0.717, 1.165) is 12.8 Å². The van der Waals surface area contributed by atoms with Crippen LogP contribution in [0.25, 0.3) is 0 Å². The molecule has 1 amide bonds. The van der Waals surface area contributed by atoms with Gasteiger partial charge in [0.25, 0.3) is 0 Å². The molecule has 1 fully saturated rings. The Bertz CT molecular complexity index is 436. The second-order valence-corrected chi connectivity index (χ2v) is 5.32. The molecule has 1 aliphatic rings. The van der Waals surface area contributed by atoms with E-state index in [1.807, 2.05) is 0 Å². The zero-order valence-corrected chi connectivity index (χ0v) is 11.1. The molecule has 0 radical (unpaired) electrons. The first kappa shape index (κ1) is 14.0. The fourth-order valence-electron chi connectivity index (χ4n) is 2.63. The van der Waals surface area contributed by atoms with Crippen LogP contribution in [0, 0.1) is 11.7 Å². The summed E-state index contributed by atoms with van der Waals surface area (Å²) < 4.78 is 13.0. The number of hydrogen-bond donors (Lipinski definition) is 2. The predicted octanol–water partition coefficient (Wildman–Crippen LogP) is 2.00. The summed E-state index contributed by atoms with van der Waals surface area (Å²) in [5.41, 5.74) is 6.74. The van der Waals surface area contributed by atoms with Crippen molar-refractivity contribution in [3.8, 4) is 0 Å². The molecule has 2 rings (SSSR count). The Morgan fingerprint density at radius 1 is 1.37 bits per heavy atom. The lowest BCUT2D eigenvalue weighted by Crippen LogP contribution is -2.41. The second kappa shape index (κ2) is 6.66. The Balaban J connectivity index is 1.78. The number of benzene rings is 1. The number of carbonyl (C=O) groups excluding carboxylic acids is 1. The Morgan fingerprint density at radius 2 is 2.16 bits per heavy atom. The summed E-state index contributed by atoms with van der Waals surface area (Å²) in [5, 5.41) is 2.91. The van der Waals surface area contributed by atoms with Crippen LogP contribution in [-0.4, -0.2) is 18.5 Å². The summed E-state index contributed by atoms with van der Waals surface area (Å²) in [5.74, 6) is 0.00758. The lowest BCUT2D eigenvalue weighted by molar-refractivity contribution is -0.120. The van der Waals surface area contributed by atoms with E-state index in [2.05, 4.69) is 5.32 Å². The highest BCUT2D eigenvalue weighted by molar-refractivity contribution is 5.78. The largest absolute Gasteiger partial charge is 0.355 e. The number of carbonyl (C=O) groups is 1. The topological polar surface area (TPSA) is 55.1 Å². The van der Waals surface area contributed by atoms with Crippen molar-refractivity contribution in [2.45, 2.75) is 38.1 Å². The van der Waals surface area contributed by atoms with Gasteiger partial charge in [0.1, 0.15) is 5.82 Å². The van der Waals surface area contributed by atoms with Crippen LogP contribution < -0.4 is 11.1 Å². The van der Waals surface area contributed by atoms with E-state index in [9.17, 15) is 9.18 Å². The number of rotatable bonds is 4. The average molecular weight is 264 g/mol. The zero-order valence-electron chi connectivity index (χ0n) is 11.1. The molecule has 0 aliphatic heterocycles. The van der Waals surface area contributed by atoms with E-state index in [1.165, 1.54) is 25.0 Å². The van der Waals surface area contributed by atoms with Crippen LogP contribution in [0.15, 0.2) is 24.3 Å². The first-order chi connectivity index (χ1) is 9.15. The maximum absolute atomic E-state index is 13.0. The van der Waals surface area contributed by atoms with Gasteiger partial charge in [0.15, 0.2) is 0 Å². The van der Waals surface area contributed by atoms with Crippen LogP contribution in [-0.2, 0) is 11.2 Å². The summed E-state index contributed by atoms with van der Waals surface area (Å²) in [7, 11) is 0. The van der Waals surface area contributed by atoms with Crippen LogP contribution in [0.2, 0.25) is 0 Å². The molecule has 0 bridgehead atoms. The molecule has 1 aliphatic carbocycles. The standard InChI is InChI=1S/C15H21FN2O/c16-13-6-3-4-11(8-13)9-15(19)18-10-12-5-1-2-7-14(12)17/h3-4,6,8,12,14H,1-2,5,7,9-10,17H2,(H,18,19). The Kier molecular flexibility index (Phi) is 4.91. The molecular weight excluding hydrogens is 243 g/mol. The van der Waals surface area contributed by atoms with Gasteiger partial charge in [-0.3, -0.25) is 4.79 Å². The molecule has 104 valence electrons. The van der Waals surface area contributed by atoms with Crippen LogP contribution in [0.5, 0.6) is 0 Å². The first-order valence-corrected chi connectivity index (χ1v) is 6.92. The van der Waals surface area contributed by atoms with Crippen molar-refractivity contribution in [1.29, 1.82) is 0 Å². The van der Waals surface area contributed by atoms with E-state index >= 15 is 0 Å². The van der Waals surface area contributed by atoms with Crippen molar-refractivity contribution in [3.63, 3.8) is 0 Å². The van der Waals surface area contributed by atoms with Gasteiger partial charge in [-0.15, -0.1) is 0 Å². The van der Waals surface area contributed by atoms with E-state index in [-0.39, 0.29) is 24.2 Å². The van der Waals surface area contributed by atoms with E-state index in [4.69, 9.17) is 5.73 Å². The highest BCUT2D eigenvalue weighted by Gasteiger charge is 2.21. The van der Waals surface area contributed by atoms with Gasteiger partial charge in [-0.25, -0.2) is 4.39 Å². The lowest BCUT2D eigenvalue weighted by Gasteiger charge is -2.28. The quantitative estimate of drug-likeness (QED) is 0.874. The van der Waals surface area contributed by atoms with Gasteiger partial charge in [-0.2, -0.15) is 0 Å². The Labute approximate surface area is 113 Å². The normalized spacial score (nSPS) is 23.1. The van der Waals surface area contributed by atoms with Crippen molar-refractivity contribution >= 4 is 5.91 Å². The number of nitrogens with one attached hydrogen (secondary N) is 1. The molecular formula is C15H21FN2O. The number of hydrogen-bond acceptors (Lipinski definition) is 2. The third-order valence-electron chi connectivity index (χ3n) is 3.78. The molecule has 1 saturated carbocycles. The van der Waals surface area contributed by atoms with E-state index < -0.39 is 0 Å². The molecule has 3 nitrogen and oxygen atoms in total. The minimum absolute atomic E-state index is 0.0663. The number of amides is 1. The van der Waals surface area contributed by atoms with Gasteiger partial charge in [0.05, 0.1) is 6.42 Å². The van der Waals surface area contributed by atoms with Crippen LogP contribution in [0.3, 0.4) is 0 Å². The van der Waals surface area contributed by atoms with Crippen LogP contribution >= 0.6 is 0 Å². The molecule has 0 spiro atoms. The summed E-state index contributed by atoms with van der Waals surface area (Å²) in [6, 6.07) is 6.35. The van der Waals surface area contributed by atoms with Crippen molar-refractivity contribution in [2.24, 2.45) is 11.7 Å². The zero-order chi connectivity index (χ0) is 13.7. The minimum Gasteiger partial charge on any atom is -0.355 e. The summed E-state index contributed by atoms with van der Waals surface area (Å²) in [6.07, 6.45) is 4.73. The Hall–Kier alpha value is -1.42. The molecule has 0 heterocycles. The smallest absolute Gasteiger partial charge is 0.224 e. The summed E-state index contributed by atoms with van der Waals surface area (Å²) in [4.78, 5) is 11.8. The molecule has 1 aromatic carbocycles. The summed E-state index contributed by atoms with van der Waals surface area (Å²) in [6.45, 7) is 0.634. The summed E-state index contributed by atoms with van der Waals surface area (Å²) >= 11 is 0. The Morgan fingerprint density at radius 3 is 2.89 bits per heavy atom. The van der Waals surface area contributed by atoms with Crippen molar-refractivity contribution in [3.05, 3.63) is 35.6 Å². The highest BCUT2D eigenvalue weighted by Crippen LogP contribution is 2.22. The molecule has 1 aromatic rings. The molecule has 0 aromatic heterocycles. The molecule has 0 saturated heterocycles. The van der Waals surface area contributed by atoms with E-state index in [0.29, 0.717) is 18.0 Å². The molecule has 3 N–H and O–H groups in total. The second-order valence-electron chi connectivity index (χ2n) is 5.32. The van der Waals surface area contributed by atoms with Crippen molar-refractivity contribution < 1.29 is 9.18 Å². The molecule has 4 heteroatoms. The third-order valence-corrected chi connectivity index (χ3v) is 3.78. The predicted molar refractivity (Wildman–Crippen MR) is 73.0 cm³/mol. The maximum atomic E-state index is 13.0. The molecule has 19 heavy (non-hydrogen) atoms. The number of halogens is 1. The lowest BCUT2D eigenvalue weighted by atomic mass is 9.85. The fourth-order valence-corrected chi connectivity index (χ4v) is 2.63. The monoisotopic (exact) mass is 264 g/mol. The first-order valence-electron chi connectivity index (χ1n) is 6.92. The molecule has 2 unspecified atom stereocenters. The van der Waals surface area contributed by atoms with Gasteiger partial charge in [0, 0.05) is 12.6 Å². The van der Waals surface area contributed by atoms with E-state index in [1.54, 1.807) is 12.1 Å². The van der Waals surface area contributed by atoms with Gasteiger partial charge < -0.3 is 11.1 Å². The maximum Gasteiger partial charge on any atom is 0.224 e. The fraction of sp³-hybridized carbons (Fsp3) is 0.533. The molecule has 2 atom stereocenters.